The van der Waals surface area contributed by atoms with Crippen LogP contribution in [0.3, 0.4) is 0 Å². The van der Waals surface area contributed by atoms with E-state index >= 15 is 0 Å². The van der Waals surface area contributed by atoms with E-state index in [1.54, 1.807) is 0 Å². The predicted octanol–water partition coefficient (Wildman–Crippen LogP) is 3.03. The minimum Gasteiger partial charge on any atom is -0.475 e. The molecule has 6 nitrogen and oxygen atoms in total. The van der Waals surface area contributed by atoms with Crippen molar-refractivity contribution in [2.75, 3.05) is 13.1 Å². The van der Waals surface area contributed by atoms with E-state index in [2.05, 4.69) is 16.4 Å². The quantitative estimate of drug-likeness (QED) is 0.580. The van der Waals surface area contributed by atoms with Gasteiger partial charge in [0.15, 0.2) is 0 Å². The van der Waals surface area contributed by atoms with Crippen LogP contribution in [0.5, 0.6) is 0 Å². The number of carbonyl (C=O) groups excluding carboxylic acids is 1. The number of halogens is 4. The highest BCUT2D eigenvalue weighted by Gasteiger charge is 2.38. The molecule has 0 atom stereocenters. The molecule has 3 rings (SSSR count). The number of aromatic amines is 1. The molecule has 2 heterocycles. The molecule has 1 aliphatic rings. The molecule has 1 aromatic carbocycles. The summed E-state index contributed by atoms with van der Waals surface area (Å²) in [5.41, 5.74) is 9.59. The molecule has 5 N–H and O–H groups in total. The Morgan fingerprint density at radius 2 is 1.86 bits per heavy atom. The third-order valence-corrected chi connectivity index (χ3v) is 4.39. The molecule has 0 radical (unpaired) electrons. The van der Waals surface area contributed by atoms with Crippen molar-refractivity contribution in [3.63, 3.8) is 0 Å². The molecule has 1 aliphatic heterocycles. The lowest BCUT2D eigenvalue weighted by atomic mass is 9.94. The summed E-state index contributed by atoms with van der Waals surface area (Å²) in [7, 11) is 0. The average Bonchev–Trinajstić information content (AvgIpc) is 2.90. The Hall–Kier alpha value is -2.88. The van der Waals surface area contributed by atoms with E-state index in [4.69, 9.17) is 15.6 Å². The first-order valence-electron chi connectivity index (χ1n) is 8.26. The van der Waals surface area contributed by atoms with E-state index < -0.39 is 23.9 Å². The summed E-state index contributed by atoms with van der Waals surface area (Å²) in [4.78, 5) is 23.6. The minimum absolute atomic E-state index is 0.201. The smallest absolute Gasteiger partial charge is 0.475 e. The summed E-state index contributed by atoms with van der Waals surface area (Å²) in [6.07, 6.45) is -2.16. The number of rotatable bonds is 2. The molecule has 2 aromatic rings. The van der Waals surface area contributed by atoms with E-state index in [1.165, 1.54) is 6.07 Å². The number of benzene rings is 1. The largest absolute Gasteiger partial charge is 0.490 e. The first-order valence-corrected chi connectivity index (χ1v) is 8.26. The van der Waals surface area contributed by atoms with Crippen LogP contribution in [0.2, 0.25) is 0 Å². The number of amides is 1. The first kappa shape index (κ1) is 21.4. The van der Waals surface area contributed by atoms with Crippen LogP contribution < -0.4 is 11.1 Å². The number of fused-ring (bicyclic) bond motifs is 1. The fourth-order valence-electron chi connectivity index (χ4n) is 2.97. The van der Waals surface area contributed by atoms with Crippen molar-refractivity contribution in [2.45, 2.75) is 26.4 Å². The normalized spacial score (nSPS) is 14.3. The zero-order chi connectivity index (χ0) is 21.2. The fraction of sp³-hybridized carbons (Fsp3) is 0.333. The van der Waals surface area contributed by atoms with Crippen LogP contribution in [-0.4, -0.2) is 41.2 Å². The molecule has 0 saturated heterocycles. The number of alkyl halides is 3. The highest BCUT2D eigenvalue weighted by atomic mass is 19.4. The van der Waals surface area contributed by atoms with E-state index in [-0.39, 0.29) is 5.56 Å². The molecular formula is C18H19F4N3O3. The number of carbonyl (C=O) groups is 2. The molecule has 28 heavy (non-hydrogen) atoms. The van der Waals surface area contributed by atoms with Crippen LogP contribution in [0.1, 0.15) is 33.6 Å². The fourth-order valence-corrected chi connectivity index (χ4v) is 2.97. The second kappa shape index (κ2) is 8.01. The second-order valence-electron chi connectivity index (χ2n) is 6.27. The van der Waals surface area contributed by atoms with Crippen LogP contribution in [0.4, 0.5) is 17.6 Å². The van der Waals surface area contributed by atoms with Crippen molar-refractivity contribution in [3.8, 4) is 0 Å². The number of aliphatic carboxylic acids is 1. The Bertz CT molecular complexity index is 961. The monoisotopic (exact) mass is 401 g/mol. The topological polar surface area (TPSA) is 108 Å². The summed E-state index contributed by atoms with van der Waals surface area (Å²) < 4.78 is 46.4. The third kappa shape index (κ3) is 4.33. The SMILES string of the molecule is Cc1[nH]c2c(C(N)=O)cc(F)c(C3=CCCNC3)c2c1C.O=C(O)C(F)(F)F. The van der Waals surface area contributed by atoms with Gasteiger partial charge >= 0.3 is 12.1 Å². The Labute approximate surface area is 157 Å². The van der Waals surface area contributed by atoms with Crippen LogP contribution in [0.25, 0.3) is 16.5 Å². The minimum atomic E-state index is -5.08. The van der Waals surface area contributed by atoms with Gasteiger partial charge in [-0.1, -0.05) is 6.08 Å². The molecular weight excluding hydrogens is 382 g/mol. The zero-order valence-corrected chi connectivity index (χ0v) is 15.1. The van der Waals surface area contributed by atoms with Gasteiger partial charge in [0, 0.05) is 23.2 Å². The highest BCUT2D eigenvalue weighted by molar-refractivity contribution is 6.09. The molecule has 0 fully saturated rings. The molecule has 152 valence electrons. The molecule has 0 saturated carbocycles. The number of H-pyrrole nitrogens is 1. The van der Waals surface area contributed by atoms with E-state index in [1.807, 2.05) is 13.8 Å². The first-order chi connectivity index (χ1) is 12.9. The number of carboxylic acids is 1. The highest BCUT2D eigenvalue weighted by Crippen LogP contribution is 2.34. The molecule has 0 bridgehead atoms. The van der Waals surface area contributed by atoms with Crippen molar-refractivity contribution in [2.24, 2.45) is 5.73 Å². The number of hydrogen-bond donors (Lipinski definition) is 4. The Morgan fingerprint density at radius 1 is 1.25 bits per heavy atom. The van der Waals surface area contributed by atoms with Crippen molar-refractivity contribution >= 4 is 28.4 Å². The number of primary amides is 1. The van der Waals surface area contributed by atoms with Gasteiger partial charge in [-0.15, -0.1) is 0 Å². The number of carboxylic acid groups (broad SMARTS) is 1. The summed E-state index contributed by atoms with van der Waals surface area (Å²) in [6.45, 7) is 5.37. The maximum Gasteiger partial charge on any atom is 0.490 e. The maximum absolute atomic E-state index is 14.6. The Morgan fingerprint density at radius 3 is 2.32 bits per heavy atom. The van der Waals surface area contributed by atoms with Crippen LogP contribution >= 0.6 is 0 Å². The lowest BCUT2D eigenvalue weighted by Gasteiger charge is -2.17. The summed E-state index contributed by atoms with van der Waals surface area (Å²) in [6, 6.07) is 1.24. The van der Waals surface area contributed by atoms with Gasteiger partial charge in [-0.2, -0.15) is 13.2 Å². The standard InChI is InChI=1S/C16H18FN3O.C2HF3O2/c1-8-9(2)20-15-11(16(18)21)6-12(17)14(13(8)15)10-4-3-5-19-7-10;3-2(4,5)1(6)7/h4,6,19-20H,3,5,7H2,1-2H3,(H2,18,21);(H,6,7). The molecule has 0 aliphatic carbocycles. The Kier molecular flexibility index (Phi) is 6.13. The van der Waals surface area contributed by atoms with Gasteiger partial charge in [-0.3, -0.25) is 4.79 Å². The molecule has 1 amide bonds. The van der Waals surface area contributed by atoms with Crippen LogP contribution in [0, 0.1) is 19.7 Å². The van der Waals surface area contributed by atoms with E-state index in [0.717, 1.165) is 35.2 Å². The molecule has 10 heteroatoms. The van der Waals surface area contributed by atoms with Gasteiger partial charge in [-0.25, -0.2) is 9.18 Å². The maximum atomic E-state index is 14.6. The summed E-state index contributed by atoms with van der Waals surface area (Å²) in [5, 5.41) is 11.1. The molecule has 0 unspecified atom stereocenters. The van der Waals surface area contributed by atoms with Crippen molar-refractivity contribution in [1.82, 2.24) is 10.3 Å². The molecule has 0 spiro atoms. The van der Waals surface area contributed by atoms with Crippen molar-refractivity contribution in [3.05, 3.63) is 40.3 Å². The van der Waals surface area contributed by atoms with Gasteiger partial charge < -0.3 is 21.1 Å². The van der Waals surface area contributed by atoms with E-state index in [0.29, 0.717) is 17.6 Å². The number of hydrogen-bond acceptors (Lipinski definition) is 3. The third-order valence-electron chi connectivity index (χ3n) is 4.39. The van der Waals surface area contributed by atoms with Gasteiger partial charge in [-0.05, 0) is 44.0 Å². The van der Waals surface area contributed by atoms with Gasteiger partial charge in [0.05, 0.1) is 11.1 Å². The number of aromatic nitrogens is 1. The lowest BCUT2D eigenvalue weighted by molar-refractivity contribution is -0.192. The number of aryl methyl sites for hydroxylation is 2. The zero-order valence-electron chi connectivity index (χ0n) is 15.1. The lowest BCUT2D eigenvalue weighted by Crippen LogP contribution is -2.22. The molecule has 1 aromatic heterocycles. The van der Waals surface area contributed by atoms with Gasteiger partial charge in [0.1, 0.15) is 5.82 Å². The number of nitrogens with two attached hydrogens (primary N) is 1. The Balaban J connectivity index is 0.000000345. The van der Waals surface area contributed by atoms with Gasteiger partial charge in [0.2, 0.25) is 0 Å². The predicted molar refractivity (Wildman–Crippen MR) is 95.4 cm³/mol. The average molecular weight is 401 g/mol. The van der Waals surface area contributed by atoms with Crippen molar-refractivity contribution < 1.29 is 32.3 Å². The summed E-state index contributed by atoms with van der Waals surface area (Å²) in [5.74, 6) is -3.77. The van der Waals surface area contributed by atoms with Crippen LogP contribution in [0.15, 0.2) is 12.1 Å². The van der Waals surface area contributed by atoms with Gasteiger partial charge in [0.25, 0.3) is 5.91 Å². The summed E-state index contributed by atoms with van der Waals surface area (Å²) >= 11 is 0. The van der Waals surface area contributed by atoms with Crippen LogP contribution in [-0.2, 0) is 4.79 Å². The second-order valence-corrected chi connectivity index (χ2v) is 6.27. The number of nitrogens with one attached hydrogen (secondary N) is 2. The van der Waals surface area contributed by atoms with E-state index in [9.17, 15) is 22.4 Å². The van der Waals surface area contributed by atoms with Crippen molar-refractivity contribution in [1.29, 1.82) is 0 Å².